The Morgan fingerprint density at radius 2 is 1.95 bits per heavy atom. The number of hydrogen-bond acceptors (Lipinski definition) is 2. The van der Waals surface area contributed by atoms with Gasteiger partial charge >= 0.3 is 5.97 Å². The van der Waals surface area contributed by atoms with Crippen LogP contribution in [-0.2, 0) is 0 Å². The van der Waals surface area contributed by atoms with E-state index in [1.54, 1.807) is 18.3 Å². The lowest BCUT2D eigenvalue weighted by molar-refractivity contribution is 0.0697. The van der Waals surface area contributed by atoms with Crippen LogP contribution < -0.4 is 0 Å². The van der Waals surface area contributed by atoms with Crippen LogP contribution in [0.2, 0.25) is 0 Å². The Hall–Kier alpha value is -3.02. The van der Waals surface area contributed by atoms with E-state index in [1.807, 2.05) is 0 Å². The van der Waals surface area contributed by atoms with E-state index in [0.29, 0.717) is 11.3 Å². The molecule has 0 saturated heterocycles. The average Bonchev–Trinajstić information content (AvgIpc) is 2.97. The molecule has 0 unspecified atom stereocenters. The SMILES string of the molecule is O=C(O)c1cccc(-n2cc(-c3ccc(F)cc3F)cn2)c1. The summed E-state index contributed by atoms with van der Waals surface area (Å²) in [5.74, 6) is -2.37. The monoisotopic (exact) mass is 300 g/mol. The number of benzene rings is 2. The highest BCUT2D eigenvalue weighted by Gasteiger charge is 2.10. The molecule has 0 aliphatic rings. The summed E-state index contributed by atoms with van der Waals surface area (Å²) < 4.78 is 28.1. The fourth-order valence-electron chi connectivity index (χ4n) is 2.11. The van der Waals surface area contributed by atoms with Crippen molar-refractivity contribution in [2.45, 2.75) is 0 Å². The molecule has 0 fully saturated rings. The molecule has 0 aliphatic heterocycles. The van der Waals surface area contributed by atoms with Crippen LogP contribution in [-0.4, -0.2) is 20.9 Å². The molecule has 1 N–H and O–H groups in total. The molecule has 1 aromatic heterocycles. The molecule has 6 heteroatoms. The minimum absolute atomic E-state index is 0.127. The number of carboxylic acids is 1. The predicted molar refractivity (Wildman–Crippen MR) is 75.9 cm³/mol. The van der Waals surface area contributed by atoms with Crippen LogP contribution in [0.4, 0.5) is 8.78 Å². The van der Waals surface area contributed by atoms with Crippen LogP contribution in [0.1, 0.15) is 10.4 Å². The molecule has 0 spiro atoms. The largest absolute Gasteiger partial charge is 0.478 e. The number of carboxylic acid groups (broad SMARTS) is 1. The molecule has 1 heterocycles. The second-order valence-corrected chi connectivity index (χ2v) is 4.65. The van der Waals surface area contributed by atoms with Gasteiger partial charge < -0.3 is 5.11 Å². The van der Waals surface area contributed by atoms with Crippen LogP contribution in [0, 0.1) is 11.6 Å². The molecule has 0 saturated carbocycles. The van der Waals surface area contributed by atoms with Crippen molar-refractivity contribution in [3.8, 4) is 16.8 Å². The maximum Gasteiger partial charge on any atom is 0.335 e. The summed E-state index contributed by atoms with van der Waals surface area (Å²) in [6.45, 7) is 0. The third-order valence-electron chi connectivity index (χ3n) is 3.18. The zero-order valence-electron chi connectivity index (χ0n) is 11.2. The first-order valence-electron chi connectivity index (χ1n) is 6.38. The van der Waals surface area contributed by atoms with E-state index in [9.17, 15) is 13.6 Å². The average molecular weight is 300 g/mol. The fourth-order valence-corrected chi connectivity index (χ4v) is 2.11. The normalized spacial score (nSPS) is 10.6. The molecule has 0 radical (unpaired) electrons. The molecule has 3 rings (SSSR count). The van der Waals surface area contributed by atoms with E-state index >= 15 is 0 Å². The highest BCUT2D eigenvalue weighted by Crippen LogP contribution is 2.24. The maximum absolute atomic E-state index is 13.8. The summed E-state index contributed by atoms with van der Waals surface area (Å²) in [7, 11) is 0. The Bertz CT molecular complexity index is 859. The first-order valence-corrected chi connectivity index (χ1v) is 6.38. The fraction of sp³-hybridized carbons (Fsp3) is 0. The molecule has 2 aromatic carbocycles. The Labute approximate surface area is 124 Å². The van der Waals surface area contributed by atoms with Gasteiger partial charge in [-0.15, -0.1) is 0 Å². The predicted octanol–water partition coefficient (Wildman–Crippen LogP) is 3.52. The van der Waals surface area contributed by atoms with E-state index in [1.165, 1.54) is 35.1 Å². The maximum atomic E-state index is 13.8. The van der Waals surface area contributed by atoms with Gasteiger partial charge in [0.05, 0.1) is 17.4 Å². The van der Waals surface area contributed by atoms with E-state index in [-0.39, 0.29) is 11.1 Å². The topological polar surface area (TPSA) is 55.1 Å². The first-order chi connectivity index (χ1) is 10.5. The molecule has 0 aliphatic carbocycles. The molecular formula is C16H10F2N2O2. The zero-order valence-corrected chi connectivity index (χ0v) is 11.2. The molecule has 0 atom stereocenters. The molecule has 4 nitrogen and oxygen atoms in total. The second-order valence-electron chi connectivity index (χ2n) is 4.65. The highest BCUT2D eigenvalue weighted by atomic mass is 19.1. The standard InChI is InChI=1S/C16H10F2N2O2/c17-12-4-5-14(15(18)7-12)11-8-19-20(9-11)13-3-1-2-10(6-13)16(21)22/h1-9H,(H,21,22). The number of carbonyl (C=O) groups is 1. The third kappa shape index (κ3) is 2.58. The van der Waals surface area contributed by atoms with Crippen molar-refractivity contribution in [1.29, 1.82) is 0 Å². The van der Waals surface area contributed by atoms with E-state index < -0.39 is 17.6 Å². The molecular weight excluding hydrogens is 290 g/mol. The summed E-state index contributed by atoms with van der Waals surface area (Å²) in [5, 5.41) is 13.1. The van der Waals surface area contributed by atoms with Crippen LogP contribution in [0.25, 0.3) is 16.8 Å². The second kappa shape index (κ2) is 5.40. The molecule has 22 heavy (non-hydrogen) atoms. The number of nitrogens with zero attached hydrogens (tertiary/aromatic N) is 2. The van der Waals surface area contributed by atoms with Gasteiger partial charge in [0.25, 0.3) is 0 Å². The van der Waals surface area contributed by atoms with Gasteiger partial charge in [0.1, 0.15) is 11.6 Å². The summed E-state index contributed by atoms with van der Waals surface area (Å²) >= 11 is 0. The minimum Gasteiger partial charge on any atom is -0.478 e. The summed E-state index contributed by atoms with van der Waals surface area (Å²) in [5.41, 5.74) is 1.36. The van der Waals surface area contributed by atoms with Crippen LogP contribution in [0.5, 0.6) is 0 Å². The van der Waals surface area contributed by atoms with Gasteiger partial charge in [0.2, 0.25) is 0 Å². The van der Waals surface area contributed by atoms with Gasteiger partial charge in [0, 0.05) is 23.4 Å². The van der Waals surface area contributed by atoms with Gasteiger partial charge in [-0.1, -0.05) is 6.07 Å². The lowest BCUT2D eigenvalue weighted by Crippen LogP contribution is -1.99. The van der Waals surface area contributed by atoms with Crippen LogP contribution in [0.15, 0.2) is 54.9 Å². The lowest BCUT2D eigenvalue weighted by Gasteiger charge is -2.02. The number of aromatic nitrogens is 2. The van der Waals surface area contributed by atoms with Crippen molar-refractivity contribution in [2.24, 2.45) is 0 Å². The van der Waals surface area contributed by atoms with Crippen LogP contribution in [0.3, 0.4) is 0 Å². The molecule has 0 amide bonds. The quantitative estimate of drug-likeness (QED) is 0.805. The Kier molecular flexibility index (Phi) is 3.42. The van der Waals surface area contributed by atoms with Gasteiger partial charge in [-0.2, -0.15) is 5.10 Å². The molecule has 3 aromatic rings. The third-order valence-corrected chi connectivity index (χ3v) is 3.18. The Balaban J connectivity index is 2.00. The Morgan fingerprint density at radius 1 is 1.14 bits per heavy atom. The van der Waals surface area contributed by atoms with E-state index in [0.717, 1.165) is 6.07 Å². The number of aromatic carboxylic acids is 1. The number of rotatable bonds is 3. The molecule has 0 bridgehead atoms. The van der Waals surface area contributed by atoms with Gasteiger partial charge in [-0.3, -0.25) is 0 Å². The zero-order chi connectivity index (χ0) is 15.7. The van der Waals surface area contributed by atoms with Gasteiger partial charge in [-0.05, 0) is 30.3 Å². The summed E-state index contributed by atoms with van der Waals surface area (Å²) in [6.07, 6.45) is 2.99. The smallest absolute Gasteiger partial charge is 0.335 e. The van der Waals surface area contributed by atoms with Gasteiger partial charge in [0.15, 0.2) is 0 Å². The first kappa shape index (κ1) is 13.9. The van der Waals surface area contributed by atoms with Crippen molar-refractivity contribution in [3.05, 3.63) is 72.1 Å². The minimum atomic E-state index is -1.04. The number of hydrogen-bond donors (Lipinski definition) is 1. The van der Waals surface area contributed by atoms with E-state index in [4.69, 9.17) is 5.11 Å². The van der Waals surface area contributed by atoms with Crippen molar-refractivity contribution < 1.29 is 18.7 Å². The van der Waals surface area contributed by atoms with E-state index in [2.05, 4.69) is 5.10 Å². The summed E-state index contributed by atoms with van der Waals surface area (Å²) in [4.78, 5) is 11.0. The van der Waals surface area contributed by atoms with Crippen molar-refractivity contribution >= 4 is 5.97 Å². The number of halogens is 2. The van der Waals surface area contributed by atoms with Crippen molar-refractivity contribution in [2.75, 3.05) is 0 Å². The molecule has 110 valence electrons. The summed E-state index contributed by atoms with van der Waals surface area (Å²) in [6, 6.07) is 9.51. The van der Waals surface area contributed by atoms with Gasteiger partial charge in [-0.25, -0.2) is 18.3 Å². The Morgan fingerprint density at radius 3 is 2.68 bits per heavy atom. The highest BCUT2D eigenvalue weighted by molar-refractivity contribution is 5.88. The van der Waals surface area contributed by atoms with Crippen molar-refractivity contribution in [1.82, 2.24) is 9.78 Å². The van der Waals surface area contributed by atoms with Crippen LogP contribution >= 0.6 is 0 Å². The van der Waals surface area contributed by atoms with Crippen molar-refractivity contribution in [3.63, 3.8) is 0 Å². The lowest BCUT2D eigenvalue weighted by atomic mass is 10.1.